The average Bonchev–Trinajstić information content (AvgIpc) is 2.90. The van der Waals surface area contributed by atoms with E-state index in [2.05, 4.69) is 5.32 Å². The first kappa shape index (κ1) is 13.7. The first-order valence-electron chi connectivity index (χ1n) is 5.85. The zero-order chi connectivity index (χ0) is 10.8. The second-order valence-corrected chi connectivity index (χ2v) is 4.90. The quantitative estimate of drug-likeness (QED) is 0.795. The molecule has 2 aliphatic rings. The molecular formula is C11H20ClFN2O. The summed E-state index contributed by atoms with van der Waals surface area (Å²) in [6.07, 6.45) is 4.23. The highest BCUT2D eigenvalue weighted by atomic mass is 35.5. The summed E-state index contributed by atoms with van der Waals surface area (Å²) < 4.78 is 12.9. The molecule has 2 unspecified atom stereocenters. The van der Waals surface area contributed by atoms with Gasteiger partial charge < -0.3 is 11.1 Å². The number of amides is 1. The Morgan fingerprint density at radius 3 is 2.56 bits per heavy atom. The third-order valence-electron chi connectivity index (χ3n) is 3.33. The fraction of sp³-hybridized carbons (Fsp3) is 0.909. The van der Waals surface area contributed by atoms with Gasteiger partial charge >= 0.3 is 0 Å². The molecule has 5 heteroatoms. The molecule has 2 saturated carbocycles. The number of hydrogen-bond donors (Lipinski definition) is 2. The van der Waals surface area contributed by atoms with Crippen LogP contribution < -0.4 is 11.1 Å². The Morgan fingerprint density at radius 2 is 2.06 bits per heavy atom. The number of alkyl halides is 1. The van der Waals surface area contributed by atoms with Gasteiger partial charge in [-0.05, 0) is 44.4 Å². The Bertz CT molecular complexity index is 248. The Balaban J connectivity index is 0.00000128. The van der Waals surface area contributed by atoms with Crippen LogP contribution in [0.15, 0.2) is 0 Å². The van der Waals surface area contributed by atoms with Crippen molar-refractivity contribution < 1.29 is 9.18 Å². The number of halogens is 2. The van der Waals surface area contributed by atoms with Crippen molar-refractivity contribution in [2.45, 2.75) is 56.8 Å². The highest BCUT2D eigenvalue weighted by Crippen LogP contribution is 2.31. The minimum Gasteiger partial charge on any atom is -0.352 e. The second-order valence-electron chi connectivity index (χ2n) is 4.90. The van der Waals surface area contributed by atoms with E-state index >= 15 is 0 Å². The van der Waals surface area contributed by atoms with Gasteiger partial charge in [-0.2, -0.15) is 0 Å². The van der Waals surface area contributed by atoms with Crippen molar-refractivity contribution in [2.24, 2.45) is 11.7 Å². The second kappa shape index (κ2) is 5.82. The number of carbonyl (C=O) groups is 1. The number of carbonyl (C=O) groups excluding carboxylic acids is 1. The van der Waals surface area contributed by atoms with E-state index in [9.17, 15) is 9.18 Å². The van der Waals surface area contributed by atoms with Crippen molar-refractivity contribution in [1.82, 2.24) is 5.32 Å². The van der Waals surface area contributed by atoms with E-state index in [1.165, 1.54) is 0 Å². The maximum atomic E-state index is 12.9. The molecule has 1 amide bonds. The van der Waals surface area contributed by atoms with E-state index in [1.807, 2.05) is 0 Å². The maximum absolute atomic E-state index is 12.9. The highest BCUT2D eigenvalue weighted by Gasteiger charge is 2.30. The van der Waals surface area contributed by atoms with E-state index in [4.69, 9.17) is 5.73 Å². The molecule has 0 aliphatic heterocycles. The molecule has 0 radical (unpaired) electrons. The summed E-state index contributed by atoms with van der Waals surface area (Å²) in [5.74, 6) is 0.250. The molecule has 3 atom stereocenters. The van der Waals surface area contributed by atoms with Crippen LogP contribution in [0.4, 0.5) is 4.39 Å². The number of nitrogens with one attached hydrogen (secondary N) is 1. The van der Waals surface area contributed by atoms with Crippen molar-refractivity contribution >= 4 is 18.3 Å². The molecule has 2 rings (SSSR count). The summed E-state index contributed by atoms with van der Waals surface area (Å²) in [6.45, 7) is 0. The molecule has 0 aromatic heterocycles. The van der Waals surface area contributed by atoms with Crippen LogP contribution in [-0.2, 0) is 4.79 Å². The lowest BCUT2D eigenvalue weighted by Gasteiger charge is -2.15. The molecule has 16 heavy (non-hydrogen) atoms. The van der Waals surface area contributed by atoms with E-state index in [0.717, 1.165) is 19.3 Å². The summed E-state index contributed by atoms with van der Waals surface area (Å²) >= 11 is 0. The third kappa shape index (κ3) is 3.91. The van der Waals surface area contributed by atoms with Gasteiger partial charge in [-0.3, -0.25) is 4.79 Å². The van der Waals surface area contributed by atoms with Gasteiger partial charge in [0.2, 0.25) is 5.91 Å². The first-order valence-corrected chi connectivity index (χ1v) is 5.85. The van der Waals surface area contributed by atoms with Gasteiger partial charge in [0.25, 0.3) is 0 Å². The van der Waals surface area contributed by atoms with Crippen LogP contribution >= 0.6 is 12.4 Å². The minimum atomic E-state index is -0.673. The molecule has 2 fully saturated rings. The topological polar surface area (TPSA) is 55.1 Å². The van der Waals surface area contributed by atoms with Crippen molar-refractivity contribution in [1.29, 1.82) is 0 Å². The Hall–Kier alpha value is -0.350. The van der Waals surface area contributed by atoms with Crippen molar-refractivity contribution in [3.8, 4) is 0 Å². The molecule has 94 valence electrons. The highest BCUT2D eigenvalue weighted by molar-refractivity contribution is 5.85. The van der Waals surface area contributed by atoms with Gasteiger partial charge in [0.15, 0.2) is 0 Å². The summed E-state index contributed by atoms with van der Waals surface area (Å²) in [7, 11) is 0. The summed E-state index contributed by atoms with van der Waals surface area (Å²) in [5.41, 5.74) is 5.78. The molecule has 0 saturated heterocycles. The largest absolute Gasteiger partial charge is 0.352 e. The molecule has 0 aromatic rings. The van der Waals surface area contributed by atoms with Crippen LogP contribution in [0.2, 0.25) is 0 Å². The number of hydrogen-bond acceptors (Lipinski definition) is 2. The van der Waals surface area contributed by atoms with Crippen LogP contribution in [0, 0.1) is 5.92 Å². The molecule has 3 nitrogen and oxygen atoms in total. The summed E-state index contributed by atoms with van der Waals surface area (Å²) in [5, 5.41) is 2.88. The lowest BCUT2D eigenvalue weighted by atomic mass is 9.98. The zero-order valence-electron chi connectivity index (χ0n) is 9.32. The van der Waals surface area contributed by atoms with E-state index in [1.54, 1.807) is 0 Å². The van der Waals surface area contributed by atoms with Gasteiger partial charge in [-0.1, -0.05) is 0 Å². The number of rotatable bonds is 4. The smallest absolute Gasteiger partial charge is 0.237 e. The van der Waals surface area contributed by atoms with Crippen LogP contribution in [0.25, 0.3) is 0 Å². The van der Waals surface area contributed by atoms with Crippen molar-refractivity contribution in [3.05, 3.63) is 0 Å². The Morgan fingerprint density at radius 1 is 1.38 bits per heavy atom. The fourth-order valence-corrected chi connectivity index (χ4v) is 2.23. The fourth-order valence-electron chi connectivity index (χ4n) is 2.23. The predicted octanol–water partition coefficient (Wildman–Crippen LogP) is 1.54. The van der Waals surface area contributed by atoms with Crippen molar-refractivity contribution in [2.75, 3.05) is 0 Å². The van der Waals surface area contributed by atoms with Crippen molar-refractivity contribution in [3.63, 3.8) is 0 Å². The molecule has 0 aromatic carbocycles. The molecule has 0 heterocycles. The standard InChI is InChI=1S/C11H19FN2O.ClH/c12-8-2-1-7(5-8)6-10(13)11(15)14-9-3-4-9;/h7-10H,1-6,13H2,(H,14,15);1H/t7?,8?,10-;/m0./s1. The Labute approximate surface area is 102 Å². The minimum absolute atomic E-state index is 0. The lowest BCUT2D eigenvalue weighted by molar-refractivity contribution is -0.122. The van der Waals surface area contributed by atoms with Crippen LogP contribution in [0.1, 0.15) is 38.5 Å². The molecule has 3 N–H and O–H groups in total. The molecule has 0 bridgehead atoms. The van der Waals surface area contributed by atoms with Gasteiger partial charge in [-0.15, -0.1) is 12.4 Å². The number of nitrogens with two attached hydrogens (primary N) is 1. The van der Waals surface area contributed by atoms with E-state index in [-0.39, 0.29) is 18.3 Å². The molecule has 2 aliphatic carbocycles. The maximum Gasteiger partial charge on any atom is 0.237 e. The third-order valence-corrected chi connectivity index (χ3v) is 3.33. The van der Waals surface area contributed by atoms with E-state index in [0.29, 0.717) is 31.2 Å². The van der Waals surface area contributed by atoms with Gasteiger partial charge in [0.05, 0.1) is 6.04 Å². The summed E-state index contributed by atoms with van der Waals surface area (Å²) in [6, 6.07) is -0.0815. The van der Waals surface area contributed by atoms with Gasteiger partial charge in [0, 0.05) is 6.04 Å². The first-order chi connectivity index (χ1) is 7.15. The Kier molecular flexibility index (Phi) is 4.99. The van der Waals surface area contributed by atoms with Gasteiger partial charge in [0.1, 0.15) is 6.17 Å². The van der Waals surface area contributed by atoms with E-state index < -0.39 is 12.2 Å². The summed E-state index contributed by atoms with van der Waals surface area (Å²) in [4.78, 5) is 11.5. The van der Waals surface area contributed by atoms with Gasteiger partial charge in [-0.25, -0.2) is 4.39 Å². The molecular weight excluding hydrogens is 231 g/mol. The normalized spacial score (nSPS) is 30.6. The SMILES string of the molecule is Cl.N[C@@H](CC1CCC(F)C1)C(=O)NC1CC1. The van der Waals surface area contributed by atoms with Crippen LogP contribution in [0.5, 0.6) is 0 Å². The van der Waals surface area contributed by atoms with Crippen LogP contribution in [-0.4, -0.2) is 24.2 Å². The monoisotopic (exact) mass is 250 g/mol. The zero-order valence-corrected chi connectivity index (χ0v) is 10.1. The average molecular weight is 251 g/mol. The predicted molar refractivity (Wildman–Crippen MR) is 63.2 cm³/mol. The van der Waals surface area contributed by atoms with Crippen LogP contribution in [0.3, 0.4) is 0 Å². The molecule has 0 spiro atoms. The lowest BCUT2D eigenvalue weighted by Crippen LogP contribution is -2.42.